The number of hydroxylamine groups is 2. The van der Waals surface area contributed by atoms with Gasteiger partial charge in [0.15, 0.2) is 11.1 Å². The van der Waals surface area contributed by atoms with Crippen LogP contribution in [0.2, 0.25) is 0 Å². The first-order valence-corrected chi connectivity index (χ1v) is 11.7. The summed E-state index contributed by atoms with van der Waals surface area (Å²) in [5.41, 5.74) is 4.12. The monoisotopic (exact) mass is 594 g/mol. The molecular weight excluding hydrogens is 572 g/mol. The molecule has 4 rings (SSSR count). The molecule has 10 nitrogen and oxygen atoms in total. The zero-order chi connectivity index (χ0) is 25.3. The highest BCUT2D eigenvalue weighted by Gasteiger charge is 2.46. The first-order chi connectivity index (χ1) is 16.0. The molecule has 0 fully saturated rings. The summed E-state index contributed by atoms with van der Waals surface area (Å²) in [6.45, 7) is 6.57. The van der Waals surface area contributed by atoms with Crippen LogP contribution in [-0.2, 0) is 9.59 Å². The van der Waals surface area contributed by atoms with Crippen LogP contribution in [-0.4, -0.2) is 44.7 Å². The Morgan fingerprint density at radius 3 is 1.24 bits per heavy atom. The Morgan fingerprint density at radius 2 is 1.00 bits per heavy atom. The van der Waals surface area contributed by atoms with Crippen molar-refractivity contribution in [2.45, 2.75) is 38.8 Å². The molecule has 2 atom stereocenters. The summed E-state index contributed by atoms with van der Waals surface area (Å²) in [5, 5.41) is 29.1. The van der Waals surface area contributed by atoms with Gasteiger partial charge in [0.2, 0.25) is 0 Å². The Hall–Kier alpha value is -2.48. The Labute approximate surface area is 213 Å². The van der Waals surface area contributed by atoms with Crippen LogP contribution >= 0.6 is 31.9 Å². The number of hydrogen-bond donors (Lipinski definition) is 4. The summed E-state index contributed by atoms with van der Waals surface area (Å²) in [6.07, 6.45) is 0. The third-order valence-corrected chi connectivity index (χ3v) is 6.83. The second kappa shape index (κ2) is 10.0. The zero-order valence-electron chi connectivity index (χ0n) is 18.9. The maximum atomic E-state index is 12.1. The lowest BCUT2D eigenvalue weighted by molar-refractivity contribution is -0.124. The molecule has 2 amide bonds. The molecule has 0 bridgehead atoms. The van der Waals surface area contributed by atoms with Gasteiger partial charge in [-0.15, -0.1) is 0 Å². The van der Waals surface area contributed by atoms with E-state index in [2.05, 4.69) is 42.1 Å². The quantitative estimate of drug-likeness (QED) is 0.398. The van der Waals surface area contributed by atoms with Crippen LogP contribution in [0.3, 0.4) is 0 Å². The van der Waals surface area contributed by atoms with E-state index in [1.165, 1.54) is 10.0 Å². The van der Waals surface area contributed by atoms with Crippen molar-refractivity contribution in [3.63, 3.8) is 0 Å². The van der Waals surface area contributed by atoms with E-state index in [0.29, 0.717) is 22.8 Å². The Balaban J connectivity index is 0.000000191. The highest BCUT2D eigenvalue weighted by atomic mass is 79.9. The second-order valence-corrected chi connectivity index (χ2v) is 9.86. The summed E-state index contributed by atoms with van der Waals surface area (Å²) in [4.78, 5) is 24.3. The predicted octanol–water partition coefficient (Wildman–Crippen LogP) is 3.82. The van der Waals surface area contributed by atoms with Gasteiger partial charge in [-0.3, -0.25) is 9.59 Å². The van der Waals surface area contributed by atoms with Crippen molar-refractivity contribution >= 4 is 66.5 Å². The molecule has 0 radical (unpaired) electrons. The maximum Gasteiger partial charge on any atom is 0.275 e. The van der Waals surface area contributed by atoms with E-state index in [9.17, 15) is 9.59 Å². The maximum absolute atomic E-state index is 12.1. The molecule has 34 heavy (non-hydrogen) atoms. The molecule has 2 aliphatic heterocycles. The lowest BCUT2D eigenvalue weighted by Crippen LogP contribution is -2.53. The van der Waals surface area contributed by atoms with E-state index in [-0.39, 0.29) is 11.8 Å². The molecule has 0 aromatic heterocycles. The molecule has 2 heterocycles. The van der Waals surface area contributed by atoms with E-state index in [4.69, 9.17) is 10.4 Å². The van der Waals surface area contributed by atoms with Gasteiger partial charge in [0.25, 0.3) is 11.8 Å². The predicted molar refractivity (Wildman–Crippen MR) is 136 cm³/mol. The van der Waals surface area contributed by atoms with E-state index in [1.54, 1.807) is 52.0 Å². The van der Waals surface area contributed by atoms with Crippen LogP contribution in [0.25, 0.3) is 0 Å². The number of hydrogen-bond acceptors (Lipinski definition) is 8. The molecule has 180 valence electrons. The molecule has 0 saturated carbocycles. The van der Waals surface area contributed by atoms with Crippen LogP contribution < -0.4 is 21.0 Å². The van der Waals surface area contributed by atoms with E-state index in [1.807, 2.05) is 35.2 Å². The van der Waals surface area contributed by atoms with Crippen molar-refractivity contribution in [3.8, 4) is 0 Å². The lowest BCUT2D eigenvalue weighted by atomic mass is 9.98. The summed E-state index contributed by atoms with van der Waals surface area (Å²) in [7, 11) is 0. The molecule has 12 heteroatoms. The number of nitrogens with one attached hydrogen (secondary N) is 2. The third-order valence-electron chi connectivity index (χ3n) is 5.78. The number of halogens is 2. The van der Waals surface area contributed by atoms with Crippen LogP contribution in [0, 0.1) is 0 Å². The van der Waals surface area contributed by atoms with Gasteiger partial charge in [-0.25, -0.2) is 0 Å². The first-order valence-electron chi connectivity index (χ1n) is 10.1. The average molecular weight is 596 g/mol. The van der Waals surface area contributed by atoms with Crippen LogP contribution in [0.1, 0.15) is 27.7 Å². The standard InChI is InChI=1S/2C11H12BrN3O2/c2*1-7-11(2,14-17)10(16)15(13-7)9-5-3-8(12)4-6-9/h2*3-6,14,17H,1-2H3. The van der Waals surface area contributed by atoms with Gasteiger partial charge in [0, 0.05) is 8.95 Å². The lowest BCUT2D eigenvalue weighted by Gasteiger charge is -2.21. The van der Waals surface area contributed by atoms with Gasteiger partial charge in [0.05, 0.1) is 22.8 Å². The topological polar surface area (TPSA) is 130 Å². The fourth-order valence-electron chi connectivity index (χ4n) is 3.10. The molecule has 2 aromatic carbocycles. The molecule has 0 aliphatic carbocycles. The largest absolute Gasteiger partial charge is 0.315 e. The highest BCUT2D eigenvalue weighted by molar-refractivity contribution is 9.10. The fraction of sp³-hybridized carbons (Fsp3) is 0.273. The Morgan fingerprint density at radius 1 is 0.706 bits per heavy atom. The van der Waals surface area contributed by atoms with E-state index < -0.39 is 11.1 Å². The summed E-state index contributed by atoms with van der Waals surface area (Å²) < 4.78 is 1.85. The van der Waals surface area contributed by atoms with Crippen molar-refractivity contribution < 1.29 is 20.0 Å². The SMILES string of the molecule is CC1=NN(c2ccc(Br)cc2)C(=O)C1(C)NO.CC1=NN(c2ccc(Br)cc2)C(=O)C1(C)NO. The van der Waals surface area contributed by atoms with Gasteiger partial charge in [0.1, 0.15) is 0 Å². The van der Waals surface area contributed by atoms with Crippen molar-refractivity contribution in [2.75, 3.05) is 10.0 Å². The van der Waals surface area contributed by atoms with Crippen molar-refractivity contribution in [3.05, 3.63) is 57.5 Å². The number of hydrazone groups is 2. The third kappa shape index (κ3) is 4.69. The highest BCUT2D eigenvalue weighted by Crippen LogP contribution is 2.28. The number of carbonyl (C=O) groups is 2. The minimum Gasteiger partial charge on any atom is -0.315 e. The van der Waals surface area contributed by atoms with Gasteiger partial charge in [-0.05, 0) is 76.2 Å². The molecule has 2 aliphatic rings. The van der Waals surface area contributed by atoms with Crippen LogP contribution in [0.4, 0.5) is 11.4 Å². The number of rotatable bonds is 4. The summed E-state index contributed by atoms with van der Waals surface area (Å²) >= 11 is 6.65. The average Bonchev–Trinajstić information content (AvgIpc) is 3.20. The number of anilines is 2. The molecule has 2 aromatic rings. The number of carbonyl (C=O) groups excluding carboxylic acids is 2. The second-order valence-electron chi connectivity index (χ2n) is 8.03. The van der Waals surface area contributed by atoms with Crippen molar-refractivity contribution in [2.24, 2.45) is 10.2 Å². The van der Waals surface area contributed by atoms with Crippen LogP contribution in [0.15, 0.2) is 67.7 Å². The van der Waals surface area contributed by atoms with Crippen molar-refractivity contribution in [1.82, 2.24) is 11.0 Å². The minimum absolute atomic E-state index is 0.306. The van der Waals surface area contributed by atoms with Gasteiger partial charge in [-0.2, -0.15) is 31.2 Å². The van der Waals surface area contributed by atoms with E-state index >= 15 is 0 Å². The summed E-state index contributed by atoms with van der Waals surface area (Å²) in [6, 6.07) is 14.4. The smallest absolute Gasteiger partial charge is 0.275 e. The zero-order valence-corrected chi connectivity index (χ0v) is 22.0. The van der Waals surface area contributed by atoms with Gasteiger partial charge < -0.3 is 10.4 Å². The van der Waals surface area contributed by atoms with Crippen LogP contribution in [0.5, 0.6) is 0 Å². The van der Waals surface area contributed by atoms with E-state index in [0.717, 1.165) is 8.95 Å². The first kappa shape index (κ1) is 26.1. The molecule has 0 saturated heterocycles. The molecular formula is C22H24Br2N6O4. The fourth-order valence-corrected chi connectivity index (χ4v) is 3.62. The number of nitrogens with zero attached hydrogens (tertiary/aromatic N) is 4. The minimum atomic E-state index is -1.15. The van der Waals surface area contributed by atoms with Gasteiger partial charge >= 0.3 is 0 Å². The normalized spacial score (nSPS) is 24.1. The Bertz CT molecular complexity index is 1060. The number of amides is 2. The van der Waals surface area contributed by atoms with Gasteiger partial charge in [-0.1, -0.05) is 31.9 Å². The Kier molecular flexibility index (Phi) is 7.70. The molecule has 2 unspecified atom stereocenters. The summed E-state index contributed by atoms with van der Waals surface area (Å²) in [5.74, 6) is -0.611. The number of benzene rings is 2. The van der Waals surface area contributed by atoms with Crippen molar-refractivity contribution in [1.29, 1.82) is 0 Å². The molecule has 4 N–H and O–H groups in total. The molecule has 0 spiro atoms.